The molecule has 1 aromatic heterocycles. The molecule has 3 aromatic rings. The summed E-state index contributed by atoms with van der Waals surface area (Å²) < 4.78 is 11.1. The van der Waals surface area contributed by atoms with Gasteiger partial charge in [-0.3, -0.25) is 9.69 Å². The van der Waals surface area contributed by atoms with Gasteiger partial charge in [-0.25, -0.2) is 0 Å². The van der Waals surface area contributed by atoms with Crippen LogP contribution in [0.25, 0.3) is 11.3 Å². The van der Waals surface area contributed by atoms with Crippen molar-refractivity contribution < 1.29 is 19.2 Å². The number of aromatic nitrogens is 1. The molecule has 0 amide bonds. The predicted molar refractivity (Wildman–Crippen MR) is 122 cm³/mol. The quantitative estimate of drug-likeness (QED) is 0.541. The van der Waals surface area contributed by atoms with Gasteiger partial charge in [-0.15, -0.1) is 0 Å². The second-order valence-electron chi connectivity index (χ2n) is 8.67. The van der Waals surface area contributed by atoms with Crippen LogP contribution in [0.1, 0.15) is 36.7 Å². The molecular formula is C26H30N2O4. The normalized spacial score (nSPS) is 16.1. The maximum Gasteiger partial charge on any atom is 0.312 e. The highest BCUT2D eigenvalue weighted by molar-refractivity contribution is 5.77. The fraction of sp³-hybridized carbons (Fsp3) is 0.385. The van der Waals surface area contributed by atoms with Gasteiger partial charge >= 0.3 is 5.97 Å². The van der Waals surface area contributed by atoms with E-state index in [9.17, 15) is 9.90 Å². The Bertz CT molecular complexity index is 1050. The molecule has 0 spiro atoms. The van der Waals surface area contributed by atoms with E-state index in [1.165, 1.54) is 0 Å². The minimum Gasteiger partial charge on any atom is -0.508 e. The van der Waals surface area contributed by atoms with Gasteiger partial charge in [-0.2, -0.15) is 0 Å². The molecule has 0 saturated carbocycles. The monoisotopic (exact) mass is 434 g/mol. The third kappa shape index (κ3) is 5.02. The van der Waals surface area contributed by atoms with Crippen LogP contribution in [0.4, 0.5) is 0 Å². The Balaban J connectivity index is 1.47. The molecule has 168 valence electrons. The molecule has 1 fully saturated rings. The Hall–Kier alpha value is -3.12. The van der Waals surface area contributed by atoms with E-state index in [4.69, 9.17) is 9.26 Å². The molecule has 32 heavy (non-hydrogen) atoms. The van der Waals surface area contributed by atoms with Gasteiger partial charge in [0.2, 0.25) is 0 Å². The highest BCUT2D eigenvalue weighted by Crippen LogP contribution is 2.38. The van der Waals surface area contributed by atoms with Crippen molar-refractivity contribution in [1.82, 2.24) is 10.1 Å². The molecule has 2 aromatic carbocycles. The zero-order valence-electron chi connectivity index (χ0n) is 18.7. The summed E-state index contributed by atoms with van der Waals surface area (Å²) in [5.41, 5.74) is 3.49. The molecule has 0 unspecified atom stereocenters. The molecule has 6 heteroatoms. The van der Waals surface area contributed by atoms with Gasteiger partial charge in [0, 0.05) is 24.6 Å². The molecule has 1 saturated heterocycles. The topological polar surface area (TPSA) is 75.8 Å². The van der Waals surface area contributed by atoms with Gasteiger partial charge in [0.15, 0.2) is 0 Å². The number of esters is 1. The Morgan fingerprint density at radius 1 is 1.16 bits per heavy atom. The van der Waals surface area contributed by atoms with E-state index in [0.29, 0.717) is 31.6 Å². The molecular weight excluding hydrogens is 404 g/mol. The van der Waals surface area contributed by atoms with Gasteiger partial charge in [-0.1, -0.05) is 41.1 Å². The van der Waals surface area contributed by atoms with E-state index in [1.54, 1.807) is 12.1 Å². The molecule has 1 aliphatic rings. The lowest BCUT2D eigenvalue weighted by atomic mass is 9.74. The largest absolute Gasteiger partial charge is 0.508 e. The fourth-order valence-electron chi connectivity index (χ4n) is 4.41. The average molecular weight is 435 g/mol. The number of nitrogens with zero attached hydrogens (tertiary/aromatic N) is 2. The Labute approximate surface area is 188 Å². The molecule has 0 atom stereocenters. The standard InChI is InChI=1S/C26H30N2O4/c1-3-31-25(30)26(11-13-28(14-12-26)18-20-7-9-22(29)10-8-20)17-23-16-24(27-32-23)21-6-4-5-19(2)15-21/h4-10,15-16,29H,3,11-14,17-18H2,1-2H3. The van der Waals surface area contributed by atoms with Gasteiger partial charge in [0.05, 0.1) is 12.0 Å². The van der Waals surface area contributed by atoms with Crippen LogP contribution in [0.3, 0.4) is 0 Å². The minimum absolute atomic E-state index is 0.155. The summed E-state index contributed by atoms with van der Waals surface area (Å²) in [6.07, 6.45) is 1.88. The maximum absolute atomic E-state index is 13.0. The molecule has 0 bridgehead atoms. The molecule has 6 nitrogen and oxygen atoms in total. The summed E-state index contributed by atoms with van der Waals surface area (Å²) in [5.74, 6) is 0.824. The lowest BCUT2D eigenvalue weighted by Gasteiger charge is -2.39. The third-order valence-electron chi connectivity index (χ3n) is 6.25. The molecule has 0 radical (unpaired) electrons. The first kappa shape index (κ1) is 22.1. The summed E-state index contributed by atoms with van der Waals surface area (Å²) >= 11 is 0. The van der Waals surface area contributed by atoms with Crippen LogP contribution in [0.2, 0.25) is 0 Å². The van der Waals surface area contributed by atoms with Gasteiger partial charge in [0.25, 0.3) is 0 Å². The first-order valence-electron chi connectivity index (χ1n) is 11.2. The van der Waals surface area contributed by atoms with Crippen molar-refractivity contribution in [3.05, 3.63) is 71.5 Å². The number of phenols is 1. The minimum atomic E-state index is -0.606. The van der Waals surface area contributed by atoms with Crippen molar-refractivity contribution in [3.63, 3.8) is 0 Å². The number of hydrogen-bond acceptors (Lipinski definition) is 6. The summed E-state index contributed by atoms with van der Waals surface area (Å²) in [5, 5.41) is 13.7. The Kier molecular flexibility index (Phi) is 6.61. The van der Waals surface area contributed by atoms with Crippen LogP contribution in [0, 0.1) is 12.3 Å². The first-order chi connectivity index (χ1) is 15.5. The van der Waals surface area contributed by atoms with E-state index in [1.807, 2.05) is 50.2 Å². The second-order valence-corrected chi connectivity index (χ2v) is 8.67. The number of piperidine rings is 1. The molecule has 0 aliphatic carbocycles. The van der Waals surface area contributed by atoms with Crippen molar-refractivity contribution in [2.45, 2.75) is 39.7 Å². The van der Waals surface area contributed by atoms with Crippen molar-refractivity contribution in [2.24, 2.45) is 5.41 Å². The van der Waals surface area contributed by atoms with E-state index < -0.39 is 5.41 Å². The van der Waals surface area contributed by atoms with Crippen molar-refractivity contribution in [2.75, 3.05) is 19.7 Å². The number of hydrogen-bond donors (Lipinski definition) is 1. The lowest BCUT2D eigenvalue weighted by molar-refractivity contribution is -0.159. The van der Waals surface area contributed by atoms with Crippen LogP contribution < -0.4 is 0 Å². The van der Waals surface area contributed by atoms with E-state index in [0.717, 1.165) is 42.0 Å². The number of benzene rings is 2. The number of carbonyl (C=O) groups is 1. The molecule has 1 aliphatic heterocycles. The smallest absolute Gasteiger partial charge is 0.312 e. The van der Waals surface area contributed by atoms with E-state index in [-0.39, 0.29) is 11.7 Å². The van der Waals surface area contributed by atoms with Crippen LogP contribution in [-0.2, 0) is 22.5 Å². The van der Waals surface area contributed by atoms with Crippen LogP contribution in [0.5, 0.6) is 5.75 Å². The highest BCUT2D eigenvalue weighted by atomic mass is 16.5. The number of aryl methyl sites for hydroxylation is 1. The zero-order valence-corrected chi connectivity index (χ0v) is 18.7. The number of carbonyl (C=O) groups excluding carboxylic acids is 1. The van der Waals surface area contributed by atoms with E-state index in [2.05, 4.69) is 16.1 Å². The fourth-order valence-corrected chi connectivity index (χ4v) is 4.41. The molecule has 2 heterocycles. The van der Waals surface area contributed by atoms with Gasteiger partial charge in [-0.05, 0) is 63.5 Å². The Morgan fingerprint density at radius 2 is 1.91 bits per heavy atom. The number of rotatable bonds is 7. The average Bonchev–Trinajstić information content (AvgIpc) is 3.25. The Morgan fingerprint density at radius 3 is 2.59 bits per heavy atom. The second kappa shape index (κ2) is 9.57. The van der Waals surface area contributed by atoms with Crippen molar-refractivity contribution in [1.29, 1.82) is 0 Å². The number of ether oxygens (including phenoxy) is 1. The number of likely N-dealkylation sites (tertiary alicyclic amines) is 1. The summed E-state index contributed by atoms with van der Waals surface area (Å²) in [6.45, 7) is 6.63. The number of aromatic hydroxyl groups is 1. The number of phenolic OH excluding ortho intramolecular Hbond substituents is 1. The van der Waals surface area contributed by atoms with Crippen molar-refractivity contribution in [3.8, 4) is 17.0 Å². The predicted octanol–water partition coefficient (Wildman–Crippen LogP) is 4.74. The molecule has 4 rings (SSSR count). The van der Waals surface area contributed by atoms with Gasteiger partial charge in [0.1, 0.15) is 17.2 Å². The summed E-state index contributed by atoms with van der Waals surface area (Å²) in [4.78, 5) is 15.4. The van der Waals surface area contributed by atoms with Crippen LogP contribution >= 0.6 is 0 Å². The van der Waals surface area contributed by atoms with E-state index >= 15 is 0 Å². The summed E-state index contributed by atoms with van der Waals surface area (Å²) in [7, 11) is 0. The van der Waals surface area contributed by atoms with Crippen molar-refractivity contribution >= 4 is 5.97 Å². The first-order valence-corrected chi connectivity index (χ1v) is 11.2. The highest BCUT2D eigenvalue weighted by Gasteiger charge is 2.43. The SMILES string of the molecule is CCOC(=O)C1(Cc2cc(-c3cccc(C)c3)no2)CCN(Cc2ccc(O)cc2)CC1. The zero-order chi connectivity index (χ0) is 22.6. The molecule has 1 N–H and O–H groups in total. The maximum atomic E-state index is 13.0. The van der Waals surface area contributed by atoms with Gasteiger partial charge < -0.3 is 14.4 Å². The summed E-state index contributed by atoms with van der Waals surface area (Å²) in [6, 6.07) is 17.4. The third-order valence-corrected chi connectivity index (χ3v) is 6.25. The van der Waals surface area contributed by atoms with Crippen LogP contribution in [-0.4, -0.2) is 40.8 Å². The lowest BCUT2D eigenvalue weighted by Crippen LogP contribution is -2.46. The van der Waals surface area contributed by atoms with Crippen LogP contribution in [0.15, 0.2) is 59.1 Å².